The minimum absolute atomic E-state index is 0.0357. The van der Waals surface area contributed by atoms with E-state index in [0.717, 1.165) is 9.21 Å². The zero-order valence-corrected chi connectivity index (χ0v) is 15.7. The summed E-state index contributed by atoms with van der Waals surface area (Å²) in [4.78, 5) is 13.4. The molecule has 0 aromatic heterocycles. The Labute approximate surface area is 152 Å². The van der Waals surface area contributed by atoms with E-state index in [1.807, 2.05) is 0 Å². The first kappa shape index (κ1) is 20.5. The summed E-state index contributed by atoms with van der Waals surface area (Å²) in [7, 11) is -0.757. The molecule has 1 atom stereocenters. The molecule has 1 aliphatic heterocycles. The van der Waals surface area contributed by atoms with Crippen LogP contribution < -0.4 is 5.32 Å². The molecule has 146 valence electrons. The van der Waals surface area contributed by atoms with Crippen LogP contribution in [0, 0.1) is 0 Å². The summed E-state index contributed by atoms with van der Waals surface area (Å²) in [5.74, 6) is -3.10. The van der Waals surface area contributed by atoms with Gasteiger partial charge in [-0.25, -0.2) is 26.3 Å². The summed E-state index contributed by atoms with van der Waals surface area (Å²) in [5.41, 5.74) is 0.555. The van der Waals surface area contributed by atoms with E-state index in [1.54, 1.807) is 19.1 Å². The Hall–Kier alpha value is -1.78. The lowest BCUT2D eigenvalue weighted by Gasteiger charge is -2.25. The Morgan fingerprint density at radius 3 is 2.73 bits per heavy atom. The summed E-state index contributed by atoms with van der Waals surface area (Å²) >= 11 is 0. The van der Waals surface area contributed by atoms with Crippen molar-refractivity contribution < 1.29 is 26.7 Å². The molecule has 0 bridgehead atoms. The van der Waals surface area contributed by atoms with Crippen molar-refractivity contribution >= 4 is 16.1 Å². The quantitative estimate of drug-likeness (QED) is 0.847. The number of alkyl halides is 2. The monoisotopic (exact) mass is 391 g/mol. The van der Waals surface area contributed by atoms with E-state index in [4.69, 9.17) is 4.74 Å². The van der Waals surface area contributed by atoms with Gasteiger partial charge in [0, 0.05) is 20.6 Å². The van der Waals surface area contributed by atoms with Crippen molar-refractivity contribution in [3.05, 3.63) is 29.8 Å². The summed E-state index contributed by atoms with van der Waals surface area (Å²) in [6.07, 6.45) is 0. The number of nitrogens with one attached hydrogen (secondary N) is 1. The fourth-order valence-electron chi connectivity index (χ4n) is 2.49. The first-order valence-corrected chi connectivity index (χ1v) is 9.50. The zero-order chi connectivity index (χ0) is 19.5. The van der Waals surface area contributed by atoms with E-state index in [2.05, 4.69) is 5.32 Å². The molecular weight excluding hydrogens is 368 g/mol. The van der Waals surface area contributed by atoms with E-state index in [1.165, 1.54) is 26.2 Å². The normalized spacial score (nSPS) is 19.1. The molecule has 0 radical (unpaired) electrons. The number of amides is 2. The molecule has 1 aromatic rings. The van der Waals surface area contributed by atoms with Gasteiger partial charge in [-0.3, -0.25) is 0 Å². The molecule has 2 amide bonds. The van der Waals surface area contributed by atoms with Gasteiger partial charge in [0.2, 0.25) is 10.0 Å². The molecule has 1 unspecified atom stereocenters. The average molecular weight is 391 g/mol. The number of sulfonamides is 1. The number of carbonyl (C=O) groups excluding carboxylic acids is 1. The van der Waals surface area contributed by atoms with Crippen LogP contribution in [0.5, 0.6) is 0 Å². The maximum atomic E-state index is 13.6. The standard InChI is InChI=1S/C16H23F2N3O4S/c1-12(13-5-4-6-14(9-13)26(23,24)20(2)3)19-15(22)21-7-8-25-11-16(17,18)10-21/h4-6,9,12H,7-8,10-11H2,1-3H3,(H,19,22). The number of carbonyl (C=O) groups is 1. The molecule has 7 nitrogen and oxygen atoms in total. The minimum Gasteiger partial charge on any atom is -0.373 e. The highest BCUT2D eigenvalue weighted by atomic mass is 32.2. The van der Waals surface area contributed by atoms with Crippen LogP contribution in [-0.4, -0.2) is 70.0 Å². The second kappa shape index (κ2) is 7.85. The number of hydrogen-bond acceptors (Lipinski definition) is 4. The summed E-state index contributed by atoms with van der Waals surface area (Å²) in [6.45, 7) is 0.320. The van der Waals surface area contributed by atoms with Gasteiger partial charge in [-0.2, -0.15) is 0 Å². The number of urea groups is 1. The van der Waals surface area contributed by atoms with Crippen LogP contribution in [-0.2, 0) is 14.8 Å². The molecule has 10 heteroatoms. The highest BCUT2D eigenvalue weighted by molar-refractivity contribution is 7.89. The molecular formula is C16H23F2N3O4S. The zero-order valence-electron chi connectivity index (χ0n) is 14.9. The SMILES string of the molecule is CC(NC(=O)N1CCOCC(F)(F)C1)c1cccc(S(=O)(=O)N(C)C)c1. The van der Waals surface area contributed by atoms with Crippen molar-refractivity contribution in [2.24, 2.45) is 0 Å². The fraction of sp³-hybridized carbons (Fsp3) is 0.562. The van der Waals surface area contributed by atoms with E-state index >= 15 is 0 Å². The number of halogens is 2. The van der Waals surface area contributed by atoms with Gasteiger partial charge >= 0.3 is 6.03 Å². The van der Waals surface area contributed by atoms with Crippen LogP contribution in [0.4, 0.5) is 13.6 Å². The Kier molecular flexibility index (Phi) is 6.20. The van der Waals surface area contributed by atoms with Crippen LogP contribution in [0.1, 0.15) is 18.5 Å². The Balaban J connectivity index is 2.12. The number of hydrogen-bond donors (Lipinski definition) is 1. The van der Waals surface area contributed by atoms with Crippen LogP contribution in [0.3, 0.4) is 0 Å². The molecule has 1 N–H and O–H groups in total. The maximum absolute atomic E-state index is 13.6. The second-order valence-electron chi connectivity index (χ2n) is 6.36. The van der Waals surface area contributed by atoms with Crippen molar-refractivity contribution in [3.8, 4) is 0 Å². The lowest BCUT2D eigenvalue weighted by atomic mass is 10.1. The molecule has 1 fully saturated rings. The van der Waals surface area contributed by atoms with E-state index in [-0.39, 0.29) is 18.0 Å². The molecule has 1 heterocycles. The molecule has 1 aromatic carbocycles. The lowest BCUT2D eigenvalue weighted by Crippen LogP contribution is -2.46. The summed E-state index contributed by atoms with van der Waals surface area (Å²) in [6, 6.07) is 4.95. The van der Waals surface area contributed by atoms with Crippen molar-refractivity contribution in [1.29, 1.82) is 0 Å². The molecule has 2 rings (SSSR count). The largest absolute Gasteiger partial charge is 0.373 e. The first-order chi connectivity index (χ1) is 12.0. The number of ether oxygens (including phenoxy) is 1. The molecule has 1 saturated heterocycles. The molecule has 0 saturated carbocycles. The maximum Gasteiger partial charge on any atom is 0.318 e. The van der Waals surface area contributed by atoms with E-state index < -0.39 is 41.2 Å². The Morgan fingerprint density at radius 1 is 1.38 bits per heavy atom. The number of nitrogens with zero attached hydrogens (tertiary/aromatic N) is 2. The third-order valence-corrected chi connectivity index (χ3v) is 5.82. The van der Waals surface area contributed by atoms with E-state index in [9.17, 15) is 22.0 Å². The predicted molar refractivity (Wildman–Crippen MR) is 91.6 cm³/mol. The highest BCUT2D eigenvalue weighted by Gasteiger charge is 2.36. The lowest BCUT2D eigenvalue weighted by molar-refractivity contribution is -0.0652. The molecule has 0 spiro atoms. The third kappa shape index (κ3) is 4.89. The van der Waals surface area contributed by atoms with Gasteiger partial charge in [0.15, 0.2) is 0 Å². The molecule has 0 aliphatic carbocycles. The Morgan fingerprint density at radius 2 is 2.08 bits per heavy atom. The topological polar surface area (TPSA) is 79.0 Å². The van der Waals surface area contributed by atoms with Gasteiger partial charge in [0.25, 0.3) is 5.92 Å². The second-order valence-corrected chi connectivity index (χ2v) is 8.51. The van der Waals surface area contributed by atoms with E-state index in [0.29, 0.717) is 5.56 Å². The average Bonchev–Trinajstić information content (AvgIpc) is 2.75. The Bertz CT molecular complexity index is 756. The van der Waals surface area contributed by atoms with Crippen LogP contribution >= 0.6 is 0 Å². The van der Waals surface area contributed by atoms with Crippen LogP contribution in [0.25, 0.3) is 0 Å². The highest BCUT2D eigenvalue weighted by Crippen LogP contribution is 2.21. The van der Waals surface area contributed by atoms with Gasteiger partial charge in [-0.05, 0) is 24.6 Å². The summed E-state index contributed by atoms with van der Waals surface area (Å²) in [5, 5.41) is 2.63. The minimum atomic E-state index is -3.61. The molecule has 26 heavy (non-hydrogen) atoms. The van der Waals surface area contributed by atoms with Gasteiger partial charge in [0.05, 0.1) is 24.1 Å². The van der Waals surface area contributed by atoms with Gasteiger partial charge < -0.3 is 15.0 Å². The van der Waals surface area contributed by atoms with Crippen molar-refractivity contribution in [3.63, 3.8) is 0 Å². The van der Waals surface area contributed by atoms with Gasteiger partial charge in [0.1, 0.15) is 6.61 Å². The smallest absolute Gasteiger partial charge is 0.318 e. The van der Waals surface area contributed by atoms with Crippen LogP contribution in [0.2, 0.25) is 0 Å². The van der Waals surface area contributed by atoms with Crippen molar-refractivity contribution in [2.45, 2.75) is 23.8 Å². The first-order valence-electron chi connectivity index (χ1n) is 8.06. The van der Waals surface area contributed by atoms with Gasteiger partial charge in [-0.15, -0.1) is 0 Å². The van der Waals surface area contributed by atoms with Crippen molar-refractivity contribution in [1.82, 2.24) is 14.5 Å². The number of benzene rings is 1. The summed E-state index contributed by atoms with van der Waals surface area (Å²) < 4.78 is 57.5. The number of rotatable bonds is 4. The molecule has 1 aliphatic rings. The third-order valence-electron chi connectivity index (χ3n) is 4.00. The predicted octanol–water partition coefficient (Wildman–Crippen LogP) is 1.68. The van der Waals surface area contributed by atoms with Crippen molar-refractivity contribution in [2.75, 3.05) is 40.4 Å². The van der Waals surface area contributed by atoms with Crippen LogP contribution in [0.15, 0.2) is 29.2 Å². The fourth-order valence-corrected chi connectivity index (χ4v) is 3.45. The van der Waals surface area contributed by atoms with Gasteiger partial charge in [-0.1, -0.05) is 12.1 Å².